The zero-order valence-electron chi connectivity index (χ0n) is 11.0. The van der Waals surface area contributed by atoms with Gasteiger partial charge < -0.3 is 10.5 Å². The van der Waals surface area contributed by atoms with Gasteiger partial charge in [0.15, 0.2) is 5.13 Å². The summed E-state index contributed by atoms with van der Waals surface area (Å²) in [6, 6.07) is 3.48. The normalized spacial score (nSPS) is 10.5. The Balaban J connectivity index is 1.93. The lowest BCUT2D eigenvalue weighted by Crippen LogP contribution is -2.12. The number of rotatable bonds is 3. The SMILES string of the molecule is COc1cc(N)cc2sc(NC(=O)c3cncnc3)nc12. The molecular weight excluding hydrogens is 290 g/mol. The van der Waals surface area contributed by atoms with E-state index in [4.69, 9.17) is 10.5 Å². The van der Waals surface area contributed by atoms with Crippen molar-refractivity contribution in [3.63, 3.8) is 0 Å². The van der Waals surface area contributed by atoms with E-state index in [0.717, 1.165) is 4.70 Å². The highest BCUT2D eigenvalue weighted by atomic mass is 32.1. The number of methoxy groups -OCH3 is 1. The molecule has 0 saturated heterocycles. The quantitative estimate of drug-likeness (QED) is 0.716. The minimum absolute atomic E-state index is 0.318. The van der Waals surface area contributed by atoms with Crippen molar-refractivity contribution in [1.82, 2.24) is 15.0 Å². The molecular formula is C13H11N5O2S. The summed E-state index contributed by atoms with van der Waals surface area (Å²) in [4.78, 5) is 24.0. The molecule has 1 aromatic carbocycles. The predicted molar refractivity (Wildman–Crippen MR) is 80.6 cm³/mol. The maximum atomic E-state index is 12.0. The van der Waals surface area contributed by atoms with Crippen LogP contribution < -0.4 is 15.8 Å². The van der Waals surface area contributed by atoms with Gasteiger partial charge in [-0.25, -0.2) is 15.0 Å². The molecule has 0 saturated carbocycles. The number of thiazole rings is 1. The fourth-order valence-electron chi connectivity index (χ4n) is 1.81. The number of amides is 1. The van der Waals surface area contributed by atoms with Crippen LogP contribution in [-0.4, -0.2) is 28.0 Å². The molecule has 3 rings (SSSR count). The molecule has 0 aliphatic rings. The van der Waals surface area contributed by atoms with Crippen LogP contribution in [0.4, 0.5) is 10.8 Å². The maximum Gasteiger partial charge on any atom is 0.260 e. The molecule has 7 nitrogen and oxygen atoms in total. The molecule has 0 unspecified atom stereocenters. The summed E-state index contributed by atoms with van der Waals surface area (Å²) in [5.41, 5.74) is 7.41. The van der Waals surface area contributed by atoms with Gasteiger partial charge in [-0.3, -0.25) is 10.1 Å². The molecule has 2 heterocycles. The van der Waals surface area contributed by atoms with Crippen LogP contribution in [0.5, 0.6) is 5.75 Å². The monoisotopic (exact) mass is 301 g/mol. The van der Waals surface area contributed by atoms with E-state index in [1.807, 2.05) is 0 Å². The molecule has 0 radical (unpaired) electrons. The minimum Gasteiger partial charge on any atom is -0.494 e. The third-order valence-corrected chi connectivity index (χ3v) is 3.66. The summed E-state index contributed by atoms with van der Waals surface area (Å²) in [5, 5.41) is 3.17. The van der Waals surface area contributed by atoms with Crippen LogP contribution >= 0.6 is 11.3 Å². The number of nitrogens with zero attached hydrogens (tertiary/aromatic N) is 3. The number of ether oxygens (including phenoxy) is 1. The Morgan fingerprint density at radius 3 is 2.81 bits per heavy atom. The van der Waals surface area contributed by atoms with Crippen molar-refractivity contribution in [3.05, 3.63) is 36.4 Å². The van der Waals surface area contributed by atoms with Gasteiger partial charge in [0.1, 0.15) is 17.6 Å². The molecule has 2 aromatic heterocycles. The smallest absolute Gasteiger partial charge is 0.260 e. The Labute approximate surface area is 123 Å². The van der Waals surface area contributed by atoms with Crippen molar-refractivity contribution < 1.29 is 9.53 Å². The van der Waals surface area contributed by atoms with E-state index in [9.17, 15) is 4.79 Å². The van der Waals surface area contributed by atoms with Gasteiger partial charge >= 0.3 is 0 Å². The van der Waals surface area contributed by atoms with Crippen molar-refractivity contribution in [1.29, 1.82) is 0 Å². The summed E-state index contributed by atoms with van der Waals surface area (Å²) in [6.45, 7) is 0. The first-order valence-electron chi connectivity index (χ1n) is 5.98. The Kier molecular flexibility index (Phi) is 3.36. The number of benzene rings is 1. The number of nitrogen functional groups attached to an aromatic ring is 1. The minimum atomic E-state index is -0.318. The number of hydrogen-bond acceptors (Lipinski definition) is 7. The van der Waals surface area contributed by atoms with Crippen LogP contribution in [0.25, 0.3) is 10.2 Å². The van der Waals surface area contributed by atoms with Gasteiger partial charge in [-0.1, -0.05) is 11.3 Å². The number of anilines is 2. The van der Waals surface area contributed by atoms with Crippen LogP contribution in [0.3, 0.4) is 0 Å². The van der Waals surface area contributed by atoms with E-state index >= 15 is 0 Å². The fraction of sp³-hybridized carbons (Fsp3) is 0.0769. The zero-order valence-corrected chi connectivity index (χ0v) is 11.8. The summed E-state index contributed by atoms with van der Waals surface area (Å²) in [5.74, 6) is 0.256. The first-order valence-corrected chi connectivity index (χ1v) is 6.79. The van der Waals surface area contributed by atoms with Gasteiger partial charge in [-0.15, -0.1) is 0 Å². The molecule has 0 fully saturated rings. The molecule has 3 N–H and O–H groups in total. The number of carbonyl (C=O) groups is 1. The predicted octanol–water partition coefficient (Wildman–Crippen LogP) is 1.93. The first kappa shape index (κ1) is 13.3. The van der Waals surface area contributed by atoms with Crippen molar-refractivity contribution in [2.75, 3.05) is 18.2 Å². The van der Waals surface area contributed by atoms with Crippen LogP contribution in [0, 0.1) is 0 Å². The lowest BCUT2D eigenvalue weighted by atomic mass is 10.3. The van der Waals surface area contributed by atoms with Crippen molar-refractivity contribution in [2.45, 2.75) is 0 Å². The Bertz CT molecular complexity index is 803. The molecule has 0 bridgehead atoms. The van der Waals surface area contributed by atoms with Gasteiger partial charge in [0, 0.05) is 24.1 Å². The summed E-state index contributed by atoms with van der Waals surface area (Å²) in [6.07, 6.45) is 4.24. The molecule has 0 atom stereocenters. The number of carbonyl (C=O) groups excluding carboxylic acids is 1. The van der Waals surface area contributed by atoms with E-state index < -0.39 is 0 Å². The molecule has 21 heavy (non-hydrogen) atoms. The average Bonchev–Trinajstić information content (AvgIpc) is 2.89. The van der Waals surface area contributed by atoms with Gasteiger partial charge in [-0.2, -0.15) is 0 Å². The van der Waals surface area contributed by atoms with E-state index in [1.54, 1.807) is 19.2 Å². The summed E-state index contributed by atoms with van der Waals surface area (Å²) < 4.78 is 6.08. The maximum absolute atomic E-state index is 12.0. The molecule has 1 amide bonds. The van der Waals surface area contributed by atoms with E-state index in [1.165, 1.54) is 30.1 Å². The third kappa shape index (κ3) is 2.61. The van der Waals surface area contributed by atoms with Crippen LogP contribution in [0.1, 0.15) is 10.4 Å². The van der Waals surface area contributed by atoms with Crippen LogP contribution in [-0.2, 0) is 0 Å². The first-order chi connectivity index (χ1) is 10.2. The van der Waals surface area contributed by atoms with Crippen molar-refractivity contribution in [2.24, 2.45) is 0 Å². The standard InChI is InChI=1S/C13H11N5O2S/c1-20-9-2-8(14)3-10-11(9)17-13(21-10)18-12(19)7-4-15-6-16-5-7/h2-6H,14H2,1H3,(H,17,18,19). The Morgan fingerprint density at radius 2 is 2.10 bits per heavy atom. The van der Waals surface area contributed by atoms with Gasteiger partial charge in [0.25, 0.3) is 5.91 Å². The van der Waals surface area contributed by atoms with E-state index in [2.05, 4.69) is 20.3 Å². The van der Waals surface area contributed by atoms with Crippen LogP contribution in [0.2, 0.25) is 0 Å². The van der Waals surface area contributed by atoms with Gasteiger partial charge in [0.2, 0.25) is 0 Å². The van der Waals surface area contributed by atoms with Crippen molar-refractivity contribution >= 4 is 38.3 Å². The topological polar surface area (TPSA) is 103 Å². The lowest BCUT2D eigenvalue weighted by Gasteiger charge is -2.01. The summed E-state index contributed by atoms with van der Waals surface area (Å²) in [7, 11) is 1.55. The Hall–Kier alpha value is -2.74. The third-order valence-electron chi connectivity index (χ3n) is 2.75. The lowest BCUT2D eigenvalue weighted by molar-refractivity contribution is 0.102. The second-order valence-corrected chi connectivity index (χ2v) is 5.20. The molecule has 106 valence electrons. The zero-order chi connectivity index (χ0) is 14.8. The second-order valence-electron chi connectivity index (χ2n) is 4.17. The molecule has 0 aliphatic carbocycles. The van der Waals surface area contributed by atoms with Crippen molar-refractivity contribution in [3.8, 4) is 5.75 Å². The molecule has 3 aromatic rings. The number of aromatic nitrogens is 3. The number of hydrogen-bond donors (Lipinski definition) is 2. The number of nitrogens with two attached hydrogens (primary N) is 1. The Morgan fingerprint density at radius 1 is 1.33 bits per heavy atom. The average molecular weight is 301 g/mol. The summed E-state index contributed by atoms with van der Waals surface area (Å²) >= 11 is 1.32. The largest absolute Gasteiger partial charge is 0.494 e. The molecule has 0 spiro atoms. The highest BCUT2D eigenvalue weighted by molar-refractivity contribution is 7.22. The van der Waals surface area contributed by atoms with Gasteiger partial charge in [0.05, 0.1) is 17.4 Å². The second kappa shape index (κ2) is 5.33. The van der Waals surface area contributed by atoms with Gasteiger partial charge in [-0.05, 0) is 6.07 Å². The molecule has 0 aliphatic heterocycles. The highest BCUT2D eigenvalue weighted by Gasteiger charge is 2.13. The van der Waals surface area contributed by atoms with Crippen LogP contribution in [0.15, 0.2) is 30.9 Å². The van der Waals surface area contributed by atoms with E-state index in [-0.39, 0.29) is 5.91 Å². The fourth-order valence-corrected chi connectivity index (χ4v) is 2.74. The number of nitrogens with one attached hydrogen (secondary N) is 1. The number of fused-ring (bicyclic) bond motifs is 1. The van der Waals surface area contributed by atoms with E-state index in [0.29, 0.717) is 27.6 Å². The highest BCUT2D eigenvalue weighted by Crippen LogP contribution is 2.34. The molecule has 8 heteroatoms.